The highest BCUT2D eigenvalue weighted by Crippen LogP contribution is 2.28. The Morgan fingerprint density at radius 3 is 2.62 bits per heavy atom. The van der Waals surface area contributed by atoms with Gasteiger partial charge in [0.15, 0.2) is 11.0 Å². The molecule has 34 heavy (non-hydrogen) atoms. The Hall–Kier alpha value is -2.75. The van der Waals surface area contributed by atoms with Gasteiger partial charge >= 0.3 is 0 Å². The maximum atomic E-state index is 13.9. The lowest BCUT2D eigenvalue weighted by atomic mass is 10.1. The first-order valence-electron chi connectivity index (χ1n) is 11.2. The third kappa shape index (κ3) is 5.16. The number of hydrogen-bond donors (Lipinski definition) is 0. The van der Waals surface area contributed by atoms with E-state index < -0.39 is 0 Å². The molecule has 5 rings (SSSR count). The van der Waals surface area contributed by atoms with Gasteiger partial charge in [-0.05, 0) is 68.8 Å². The Morgan fingerprint density at radius 2 is 1.85 bits per heavy atom. The van der Waals surface area contributed by atoms with Gasteiger partial charge in [-0.1, -0.05) is 47.1 Å². The number of piperidine rings is 1. The second-order valence-corrected chi connectivity index (χ2v) is 9.69. The number of halogens is 2. The number of aryl methyl sites for hydroxylation is 1. The molecule has 7 nitrogen and oxygen atoms in total. The number of nitrogens with zero attached hydrogens (tertiary/aromatic N) is 6. The van der Waals surface area contributed by atoms with E-state index in [0.717, 1.165) is 36.3 Å². The van der Waals surface area contributed by atoms with Crippen molar-refractivity contribution in [3.05, 3.63) is 70.6 Å². The number of likely N-dealkylation sites (tertiary alicyclic amines) is 1. The van der Waals surface area contributed by atoms with E-state index in [2.05, 4.69) is 29.8 Å². The van der Waals surface area contributed by atoms with Gasteiger partial charge in [-0.25, -0.2) is 4.39 Å². The highest BCUT2D eigenvalue weighted by Gasteiger charge is 2.20. The highest BCUT2D eigenvalue weighted by molar-refractivity contribution is 7.98. The summed E-state index contributed by atoms with van der Waals surface area (Å²) in [4.78, 5) is 6.85. The minimum Gasteiger partial charge on any atom is -0.338 e. The molecule has 0 spiro atoms. The van der Waals surface area contributed by atoms with Crippen LogP contribution < -0.4 is 0 Å². The summed E-state index contributed by atoms with van der Waals surface area (Å²) in [5.41, 5.74) is 2.10. The van der Waals surface area contributed by atoms with Crippen LogP contribution in [0.4, 0.5) is 4.39 Å². The average Bonchev–Trinajstić information content (AvgIpc) is 3.48. The lowest BCUT2D eigenvalue weighted by molar-refractivity contribution is 0.214. The molecule has 0 N–H and O–H groups in total. The van der Waals surface area contributed by atoms with E-state index >= 15 is 0 Å². The summed E-state index contributed by atoms with van der Waals surface area (Å²) in [5, 5.41) is 14.4. The zero-order valence-corrected chi connectivity index (χ0v) is 20.3. The summed E-state index contributed by atoms with van der Waals surface area (Å²) >= 11 is 7.58. The summed E-state index contributed by atoms with van der Waals surface area (Å²) in [5.74, 6) is 1.80. The monoisotopic (exact) mass is 498 g/mol. The maximum Gasteiger partial charge on any atom is 0.237 e. The summed E-state index contributed by atoms with van der Waals surface area (Å²) < 4.78 is 21.4. The van der Waals surface area contributed by atoms with E-state index in [-0.39, 0.29) is 5.82 Å². The molecule has 0 amide bonds. The van der Waals surface area contributed by atoms with Crippen LogP contribution in [-0.4, -0.2) is 42.9 Å². The van der Waals surface area contributed by atoms with Crippen LogP contribution in [0.1, 0.15) is 36.5 Å². The molecule has 2 aromatic heterocycles. The standard InChI is InChI=1S/C24H24ClFN6OS/c1-16-5-6-17(13-20(16)26)23-27-22(33-30-23)15-34-24-29-28-21(14-31-11-3-2-4-12-31)32(24)19-9-7-18(25)8-10-19/h5-10,13H,2-4,11-12,14-15H2,1H3. The number of rotatable bonds is 7. The first-order chi connectivity index (χ1) is 16.6. The Balaban J connectivity index is 1.36. The van der Waals surface area contributed by atoms with Gasteiger partial charge in [0, 0.05) is 16.3 Å². The number of aromatic nitrogens is 5. The molecule has 1 saturated heterocycles. The quantitative estimate of drug-likeness (QED) is 0.303. The average molecular weight is 499 g/mol. The Morgan fingerprint density at radius 1 is 1.06 bits per heavy atom. The van der Waals surface area contributed by atoms with Gasteiger partial charge in [-0.15, -0.1) is 10.2 Å². The van der Waals surface area contributed by atoms with Crippen LogP contribution in [0.15, 0.2) is 52.1 Å². The predicted molar refractivity (Wildman–Crippen MR) is 129 cm³/mol. The highest BCUT2D eigenvalue weighted by atomic mass is 35.5. The topological polar surface area (TPSA) is 72.9 Å². The molecule has 0 atom stereocenters. The first kappa shape index (κ1) is 23.0. The van der Waals surface area contributed by atoms with Crippen LogP contribution in [0.25, 0.3) is 17.1 Å². The summed E-state index contributed by atoms with van der Waals surface area (Å²) in [6.07, 6.45) is 3.70. The molecule has 4 aromatic rings. The molecule has 0 radical (unpaired) electrons. The van der Waals surface area contributed by atoms with Crippen LogP contribution in [0, 0.1) is 12.7 Å². The van der Waals surface area contributed by atoms with Crippen molar-refractivity contribution in [2.45, 2.75) is 43.6 Å². The van der Waals surface area contributed by atoms with Crippen LogP contribution in [-0.2, 0) is 12.3 Å². The van der Waals surface area contributed by atoms with Gasteiger partial charge in [0.1, 0.15) is 5.82 Å². The molecular formula is C24H24ClFN6OS. The van der Waals surface area contributed by atoms with Crippen molar-refractivity contribution in [2.75, 3.05) is 13.1 Å². The fourth-order valence-electron chi connectivity index (χ4n) is 3.95. The minimum absolute atomic E-state index is 0.296. The summed E-state index contributed by atoms with van der Waals surface area (Å²) in [6, 6.07) is 12.6. The molecule has 0 bridgehead atoms. The Kier molecular flexibility index (Phi) is 6.94. The fourth-order valence-corrected chi connectivity index (χ4v) is 4.89. The number of hydrogen-bond acceptors (Lipinski definition) is 7. The summed E-state index contributed by atoms with van der Waals surface area (Å²) in [7, 11) is 0. The second kappa shape index (κ2) is 10.2. The van der Waals surface area contributed by atoms with E-state index in [1.54, 1.807) is 19.1 Å². The van der Waals surface area contributed by atoms with Crippen molar-refractivity contribution < 1.29 is 8.91 Å². The van der Waals surface area contributed by atoms with Crippen molar-refractivity contribution in [1.82, 2.24) is 29.8 Å². The van der Waals surface area contributed by atoms with Crippen LogP contribution in [0.2, 0.25) is 5.02 Å². The van der Waals surface area contributed by atoms with Crippen molar-refractivity contribution in [2.24, 2.45) is 0 Å². The molecule has 10 heteroatoms. The first-order valence-corrected chi connectivity index (χ1v) is 12.6. The fraction of sp³-hybridized carbons (Fsp3) is 0.333. The molecule has 176 valence electrons. The molecule has 0 unspecified atom stereocenters. The number of benzene rings is 2. The van der Waals surface area contributed by atoms with Gasteiger partial charge in [0.05, 0.1) is 12.3 Å². The number of thioether (sulfide) groups is 1. The largest absolute Gasteiger partial charge is 0.338 e. The van der Waals surface area contributed by atoms with Gasteiger partial charge in [0.2, 0.25) is 11.7 Å². The normalized spacial score (nSPS) is 14.6. The van der Waals surface area contributed by atoms with Crippen LogP contribution in [0.5, 0.6) is 0 Å². The van der Waals surface area contributed by atoms with Crippen molar-refractivity contribution in [3.8, 4) is 17.1 Å². The van der Waals surface area contributed by atoms with Gasteiger partial charge in [0.25, 0.3) is 0 Å². The smallest absolute Gasteiger partial charge is 0.237 e. The van der Waals surface area contributed by atoms with E-state index in [4.69, 9.17) is 16.1 Å². The van der Waals surface area contributed by atoms with Gasteiger partial charge in [-0.2, -0.15) is 4.98 Å². The molecule has 0 saturated carbocycles. The predicted octanol–water partition coefficient (Wildman–Crippen LogP) is 5.70. The molecule has 0 aliphatic carbocycles. The third-order valence-electron chi connectivity index (χ3n) is 5.82. The summed E-state index contributed by atoms with van der Waals surface area (Å²) in [6.45, 7) is 4.59. The molecule has 1 aliphatic heterocycles. The van der Waals surface area contributed by atoms with E-state index in [0.29, 0.717) is 33.6 Å². The van der Waals surface area contributed by atoms with Gasteiger partial charge < -0.3 is 4.52 Å². The van der Waals surface area contributed by atoms with E-state index in [1.807, 2.05) is 24.3 Å². The van der Waals surface area contributed by atoms with Crippen molar-refractivity contribution in [3.63, 3.8) is 0 Å². The Labute approximate surface area is 206 Å². The zero-order chi connectivity index (χ0) is 23.5. The van der Waals surface area contributed by atoms with E-state index in [9.17, 15) is 4.39 Å². The SMILES string of the molecule is Cc1ccc(-c2noc(CSc3nnc(CN4CCCCC4)n3-c3ccc(Cl)cc3)n2)cc1F. The third-order valence-corrected chi connectivity index (χ3v) is 6.99. The zero-order valence-electron chi connectivity index (χ0n) is 18.7. The molecule has 2 aromatic carbocycles. The van der Waals surface area contributed by atoms with Crippen molar-refractivity contribution >= 4 is 23.4 Å². The molecule has 3 heterocycles. The van der Waals surface area contributed by atoms with E-state index in [1.165, 1.54) is 37.1 Å². The van der Waals surface area contributed by atoms with Crippen LogP contribution in [0.3, 0.4) is 0 Å². The maximum absolute atomic E-state index is 13.9. The molecule has 1 aliphatic rings. The van der Waals surface area contributed by atoms with Gasteiger partial charge in [-0.3, -0.25) is 9.47 Å². The Bertz CT molecular complexity index is 1270. The molecule has 1 fully saturated rings. The van der Waals surface area contributed by atoms with Crippen molar-refractivity contribution in [1.29, 1.82) is 0 Å². The van der Waals surface area contributed by atoms with Crippen LogP contribution >= 0.6 is 23.4 Å². The lowest BCUT2D eigenvalue weighted by Crippen LogP contribution is -2.30. The lowest BCUT2D eigenvalue weighted by Gasteiger charge is -2.26. The second-order valence-electron chi connectivity index (χ2n) is 8.31. The minimum atomic E-state index is -0.296. The molecular weight excluding hydrogens is 475 g/mol.